The van der Waals surface area contributed by atoms with Crippen LogP contribution in [0.4, 0.5) is 8.78 Å². The van der Waals surface area contributed by atoms with Crippen LogP contribution in [0.25, 0.3) is 0 Å². The molecule has 0 aliphatic carbocycles. The molecule has 5 heteroatoms. The molecular formula is C11H8F2N2O. The van der Waals surface area contributed by atoms with Gasteiger partial charge >= 0.3 is 0 Å². The van der Waals surface area contributed by atoms with Gasteiger partial charge in [-0.05, 0) is 24.3 Å². The summed E-state index contributed by atoms with van der Waals surface area (Å²) in [6, 6.07) is 6.85. The quantitative estimate of drug-likeness (QED) is 0.829. The van der Waals surface area contributed by atoms with E-state index < -0.39 is 17.5 Å². The van der Waals surface area contributed by atoms with E-state index in [0.717, 1.165) is 6.07 Å². The Hall–Kier alpha value is -2.17. The first-order valence-corrected chi connectivity index (χ1v) is 4.57. The summed E-state index contributed by atoms with van der Waals surface area (Å²) in [4.78, 5) is 11.5. The maximum atomic E-state index is 13.2. The van der Waals surface area contributed by atoms with Crippen molar-refractivity contribution in [3.63, 3.8) is 0 Å². The Balaban J connectivity index is 2.24. The molecule has 2 aromatic rings. The first-order chi connectivity index (χ1) is 7.68. The van der Waals surface area contributed by atoms with E-state index in [4.69, 9.17) is 0 Å². The van der Waals surface area contributed by atoms with E-state index >= 15 is 0 Å². The molecule has 16 heavy (non-hydrogen) atoms. The van der Waals surface area contributed by atoms with Crippen LogP contribution in [0.5, 0.6) is 0 Å². The lowest BCUT2D eigenvalue weighted by molar-refractivity contribution is 0.100. The lowest BCUT2D eigenvalue weighted by Crippen LogP contribution is -2.22. The number of halogens is 2. The minimum absolute atomic E-state index is 0.325. The summed E-state index contributed by atoms with van der Waals surface area (Å²) >= 11 is 0. The summed E-state index contributed by atoms with van der Waals surface area (Å²) in [6.07, 6.45) is 3.16. The minimum Gasteiger partial charge on any atom is -0.268 e. The van der Waals surface area contributed by atoms with E-state index in [2.05, 4.69) is 5.43 Å². The van der Waals surface area contributed by atoms with Gasteiger partial charge in [-0.15, -0.1) is 0 Å². The Morgan fingerprint density at radius 2 is 1.81 bits per heavy atom. The standard InChI is InChI=1S/C11H8F2N2O/c12-9-5-3-4-8(10(9)13)11(16)14-15-6-1-2-7-15/h1-7H,(H,14,16). The number of hydrogen-bond donors (Lipinski definition) is 1. The molecular weight excluding hydrogens is 214 g/mol. The lowest BCUT2D eigenvalue weighted by Gasteiger charge is -2.06. The van der Waals surface area contributed by atoms with E-state index in [1.54, 1.807) is 24.5 Å². The second-order valence-corrected chi connectivity index (χ2v) is 3.13. The van der Waals surface area contributed by atoms with Crippen LogP contribution >= 0.6 is 0 Å². The third-order valence-corrected chi connectivity index (χ3v) is 2.03. The number of aromatic nitrogens is 1. The van der Waals surface area contributed by atoms with Gasteiger partial charge in [0.15, 0.2) is 11.6 Å². The van der Waals surface area contributed by atoms with Crippen molar-refractivity contribution in [1.29, 1.82) is 0 Å². The van der Waals surface area contributed by atoms with Gasteiger partial charge in [0.25, 0.3) is 5.91 Å². The van der Waals surface area contributed by atoms with E-state index in [9.17, 15) is 13.6 Å². The van der Waals surface area contributed by atoms with Gasteiger partial charge in [0, 0.05) is 12.4 Å². The fourth-order valence-electron chi connectivity index (χ4n) is 1.27. The zero-order chi connectivity index (χ0) is 11.5. The van der Waals surface area contributed by atoms with E-state index in [1.807, 2.05) is 0 Å². The van der Waals surface area contributed by atoms with Crippen molar-refractivity contribution >= 4 is 5.91 Å². The first-order valence-electron chi connectivity index (χ1n) is 4.57. The Labute approximate surface area is 90.3 Å². The van der Waals surface area contributed by atoms with Crippen molar-refractivity contribution in [3.8, 4) is 0 Å². The zero-order valence-corrected chi connectivity index (χ0v) is 8.15. The Bertz CT molecular complexity index is 509. The van der Waals surface area contributed by atoms with Gasteiger partial charge in [0.2, 0.25) is 0 Å². The van der Waals surface area contributed by atoms with Crippen molar-refractivity contribution in [1.82, 2.24) is 4.68 Å². The van der Waals surface area contributed by atoms with Crippen LogP contribution in [-0.2, 0) is 0 Å². The Morgan fingerprint density at radius 3 is 2.50 bits per heavy atom. The number of carbonyl (C=O) groups is 1. The number of carbonyl (C=O) groups excluding carboxylic acids is 1. The fourth-order valence-corrected chi connectivity index (χ4v) is 1.27. The molecule has 0 saturated carbocycles. The van der Waals surface area contributed by atoms with E-state index in [0.29, 0.717) is 0 Å². The number of amides is 1. The van der Waals surface area contributed by atoms with Gasteiger partial charge in [-0.25, -0.2) is 8.78 Å². The van der Waals surface area contributed by atoms with Crippen LogP contribution < -0.4 is 5.43 Å². The lowest BCUT2D eigenvalue weighted by atomic mass is 10.2. The van der Waals surface area contributed by atoms with Crippen molar-refractivity contribution in [2.24, 2.45) is 0 Å². The van der Waals surface area contributed by atoms with Crippen LogP contribution in [0.15, 0.2) is 42.7 Å². The van der Waals surface area contributed by atoms with Crippen molar-refractivity contribution < 1.29 is 13.6 Å². The highest BCUT2D eigenvalue weighted by Crippen LogP contribution is 2.11. The normalized spacial score (nSPS) is 10.1. The molecule has 1 N–H and O–H groups in total. The molecule has 0 aliphatic heterocycles. The average Bonchev–Trinajstić information content (AvgIpc) is 2.74. The molecule has 1 amide bonds. The molecule has 0 aliphatic rings. The third kappa shape index (κ3) is 1.93. The molecule has 0 unspecified atom stereocenters. The summed E-state index contributed by atoms with van der Waals surface area (Å²) in [7, 11) is 0. The number of benzene rings is 1. The molecule has 1 heterocycles. The number of nitrogens with zero attached hydrogens (tertiary/aromatic N) is 1. The third-order valence-electron chi connectivity index (χ3n) is 2.03. The number of hydrogen-bond acceptors (Lipinski definition) is 1. The van der Waals surface area contributed by atoms with Crippen LogP contribution in [0, 0.1) is 11.6 Å². The highest BCUT2D eigenvalue weighted by molar-refractivity contribution is 6.00. The molecule has 0 bridgehead atoms. The maximum Gasteiger partial charge on any atom is 0.273 e. The van der Waals surface area contributed by atoms with Gasteiger partial charge in [-0.3, -0.25) is 14.9 Å². The summed E-state index contributed by atoms with van der Waals surface area (Å²) in [6.45, 7) is 0. The van der Waals surface area contributed by atoms with Crippen LogP contribution in [0.3, 0.4) is 0 Å². The largest absolute Gasteiger partial charge is 0.273 e. The summed E-state index contributed by atoms with van der Waals surface area (Å²) in [5.74, 6) is -2.89. The molecule has 0 radical (unpaired) electrons. The second-order valence-electron chi connectivity index (χ2n) is 3.13. The Morgan fingerprint density at radius 1 is 1.12 bits per heavy atom. The molecule has 1 aromatic carbocycles. The molecule has 2 rings (SSSR count). The maximum absolute atomic E-state index is 13.2. The predicted molar refractivity (Wildman–Crippen MR) is 54.5 cm³/mol. The monoisotopic (exact) mass is 222 g/mol. The smallest absolute Gasteiger partial charge is 0.268 e. The minimum atomic E-state index is -1.15. The Kier molecular flexibility index (Phi) is 2.68. The van der Waals surface area contributed by atoms with Gasteiger partial charge in [-0.2, -0.15) is 0 Å². The fraction of sp³-hybridized carbons (Fsp3) is 0. The topological polar surface area (TPSA) is 34.0 Å². The summed E-state index contributed by atoms with van der Waals surface area (Å²) in [5.41, 5.74) is 2.05. The SMILES string of the molecule is O=C(Nn1cccc1)c1cccc(F)c1F. The molecule has 0 fully saturated rings. The number of nitrogens with one attached hydrogen (secondary N) is 1. The van der Waals surface area contributed by atoms with Gasteiger partial charge in [0.1, 0.15) is 0 Å². The molecule has 0 saturated heterocycles. The molecule has 0 spiro atoms. The average molecular weight is 222 g/mol. The second kappa shape index (κ2) is 4.14. The van der Waals surface area contributed by atoms with Crippen LogP contribution in [0.1, 0.15) is 10.4 Å². The highest BCUT2D eigenvalue weighted by atomic mass is 19.2. The zero-order valence-electron chi connectivity index (χ0n) is 8.15. The predicted octanol–water partition coefficient (Wildman–Crippen LogP) is 2.15. The van der Waals surface area contributed by atoms with Gasteiger partial charge in [0.05, 0.1) is 5.56 Å². The van der Waals surface area contributed by atoms with E-state index in [-0.39, 0.29) is 5.56 Å². The van der Waals surface area contributed by atoms with Gasteiger partial charge < -0.3 is 0 Å². The first kappa shape index (κ1) is 10.4. The number of rotatable bonds is 2. The van der Waals surface area contributed by atoms with Crippen molar-refractivity contribution in [3.05, 3.63) is 59.9 Å². The van der Waals surface area contributed by atoms with Crippen molar-refractivity contribution in [2.75, 3.05) is 5.43 Å². The highest BCUT2D eigenvalue weighted by Gasteiger charge is 2.14. The molecule has 1 aromatic heterocycles. The van der Waals surface area contributed by atoms with Crippen molar-refractivity contribution in [2.45, 2.75) is 0 Å². The van der Waals surface area contributed by atoms with Gasteiger partial charge in [-0.1, -0.05) is 6.07 Å². The summed E-state index contributed by atoms with van der Waals surface area (Å²) in [5, 5.41) is 0. The van der Waals surface area contributed by atoms with Crippen LogP contribution in [0.2, 0.25) is 0 Å². The van der Waals surface area contributed by atoms with Crippen LogP contribution in [-0.4, -0.2) is 10.6 Å². The molecule has 82 valence electrons. The van der Waals surface area contributed by atoms with E-state index in [1.165, 1.54) is 16.8 Å². The molecule has 0 atom stereocenters. The summed E-state index contributed by atoms with van der Waals surface area (Å²) < 4.78 is 27.4. The molecule has 3 nitrogen and oxygen atoms in total.